The lowest BCUT2D eigenvalue weighted by Crippen LogP contribution is -2.39. The van der Waals surface area contributed by atoms with Gasteiger partial charge in [0.25, 0.3) is 5.69 Å². The smallest absolute Gasteiger partial charge is 0.272 e. The third kappa shape index (κ3) is 5.27. The standard InChI is InChI=1S/C15H24N2O3/c1-4-20-11-14(12(2)3)16-10-9-13-7-5-6-8-15(13)17(18)19/h5-8,12,14,16H,4,9-11H2,1-3H3. The Morgan fingerprint density at radius 2 is 2.05 bits per heavy atom. The molecule has 1 rings (SSSR count). The maximum absolute atomic E-state index is 10.9. The summed E-state index contributed by atoms with van der Waals surface area (Å²) >= 11 is 0. The van der Waals surface area contributed by atoms with Gasteiger partial charge in [0.15, 0.2) is 0 Å². The number of nitro benzene ring substituents is 1. The first kappa shape index (κ1) is 16.6. The molecular weight excluding hydrogens is 256 g/mol. The first-order valence-electron chi connectivity index (χ1n) is 7.09. The van der Waals surface area contributed by atoms with E-state index >= 15 is 0 Å². The molecule has 1 aromatic rings. The molecule has 0 bridgehead atoms. The molecule has 0 radical (unpaired) electrons. The Labute approximate surface area is 120 Å². The van der Waals surface area contributed by atoms with Gasteiger partial charge in [-0.05, 0) is 25.8 Å². The Morgan fingerprint density at radius 1 is 1.35 bits per heavy atom. The number of ether oxygens (including phenoxy) is 1. The zero-order chi connectivity index (χ0) is 15.0. The predicted octanol–water partition coefficient (Wildman–Crippen LogP) is 2.79. The molecule has 0 heterocycles. The minimum absolute atomic E-state index is 0.195. The van der Waals surface area contributed by atoms with Gasteiger partial charge in [-0.2, -0.15) is 0 Å². The van der Waals surface area contributed by atoms with Crippen molar-refractivity contribution in [1.29, 1.82) is 0 Å². The van der Waals surface area contributed by atoms with E-state index in [2.05, 4.69) is 19.2 Å². The van der Waals surface area contributed by atoms with Crippen LogP contribution in [0.3, 0.4) is 0 Å². The predicted molar refractivity (Wildman–Crippen MR) is 79.9 cm³/mol. The Bertz CT molecular complexity index is 421. The van der Waals surface area contributed by atoms with Gasteiger partial charge in [0.1, 0.15) is 0 Å². The summed E-state index contributed by atoms with van der Waals surface area (Å²) in [5.41, 5.74) is 0.962. The molecule has 0 aliphatic carbocycles. The molecule has 0 aliphatic rings. The van der Waals surface area contributed by atoms with E-state index in [4.69, 9.17) is 4.74 Å². The van der Waals surface area contributed by atoms with Crippen molar-refractivity contribution in [2.24, 2.45) is 5.92 Å². The molecule has 0 saturated carbocycles. The van der Waals surface area contributed by atoms with E-state index in [1.165, 1.54) is 0 Å². The van der Waals surface area contributed by atoms with Crippen molar-refractivity contribution >= 4 is 5.69 Å². The topological polar surface area (TPSA) is 64.4 Å². The van der Waals surface area contributed by atoms with Gasteiger partial charge in [-0.15, -0.1) is 0 Å². The summed E-state index contributed by atoms with van der Waals surface area (Å²) in [7, 11) is 0. The van der Waals surface area contributed by atoms with Crippen molar-refractivity contribution in [2.45, 2.75) is 33.2 Å². The van der Waals surface area contributed by atoms with Crippen molar-refractivity contribution in [1.82, 2.24) is 5.32 Å². The van der Waals surface area contributed by atoms with Crippen LogP contribution >= 0.6 is 0 Å². The Morgan fingerprint density at radius 3 is 2.65 bits per heavy atom. The maximum atomic E-state index is 10.9. The highest BCUT2D eigenvalue weighted by Gasteiger charge is 2.15. The number of hydrogen-bond donors (Lipinski definition) is 1. The molecule has 1 N–H and O–H groups in total. The van der Waals surface area contributed by atoms with Crippen LogP contribution in [0.2, 0.25) is 0 Å². The van der Waals surface area contributed by atoms with Crippen LogP contribution in [0.25, 0.3) is 0 Å². The van der Waals surface area contributed by atoms with Crippen molar-refractivity contribution < 1.29 is 9.66 Å². The number of hydrogen-bond acceptors (Lipinski definition) is 4. The number of para-hydroxylation sites is 1. The van der Waals surface area contributed by atoms with E-state index in [1.54, 1.807) is 12.1 Å². The molecule has 0 spiro atoms. The van der Waals surface area contributed by atoms with Crippen LogP contribution in [0.1, 0.15) is 26.3 Å². The summed E-state index contributed by atoms with van der Waals surface area (Å²) < 4.78 is 5.45. The van der Waals surface area contributed by atoms with Gasteiger partial charge in [0.2, 0.25) is 0 Å². The first-order valence-corrected chi connectivity index (χ1v) is 7.09. The lowest BCUT2D eigenvalue weighted by Gasteiger charge is -2.22. The summed E-state index contributed by atoms with van der Waals surface area (Å²) in [5.74, 6) is 0.465. The second kappa shape index (κ2) is 8.66. The average molecular weight is 280 g/mol. The molecule has 0 saturated heterocycles. The summed E-state index contributed by atoms with van der Waals surface area (Å²) in [6, 6.07) is 7.17. The molecular formula is C15H24N2O3. The van der Waals surface area contributed by atoms with Crippen LogP contribution in [0.4, 0.5) is 5.69 Å². The Balaban J connectivity index is 2.52. The lowest BCUT2D eigenvalue weighted by molar-refractivity contribution is -0.385. The molecule has 1 aromatic carbocycles. The average Bonchev–Trinajstić information content (AvgIpc) is 2.42. The normalized spacial score (nSPS) is 12.6. The van der Waals surface area contributed by atoms with Crippen LogP contribution < -0.4 is 5.32 Å². The van der Waals surface area contributed by atoms with Gasteiger partial charge in [-0.1, -0.05) is 32.0 Å². The molecule has 5 nitrogen and oxygen atoms in total. The van der Waals surface area contributed by atoms with E-state index in [1.807, 2.05) is 19.1 Å². The second-order valence-electron chi connectivity index (χ2n) is 5.10. The summed E-state index contributed by atoms with van der Waals surface area (Å²) in [4.78, 5) is 10.6. The monoisotopic (exact) mass is 280 g/mol. The molecule has 5 heteroatoms. The minimum atomic E-state index is -0.324. The van der Waals surface area contributed by atoms with Crippen molar-refractivity contribution in [2.75, 3.05) is 19.8 Å². The second-order valence-corrected chi connectivity index (χ2v) is 5.10. The molecule has 1 unspecified atom stereocenters. The SMILES string of the molecule is CCOCC(NCCc1ccccc1[N+](=O)[O-])C(C)C. The van der Waals surface area contributed by atoms with Crippen LogP contribution in [0.5, 0.6) is 0 Å². The van der Waals surface area contributed by atoms with Gasteiger partial charge < -0.3 is 10.1 Å². The first-order chi connectivity index (χ1) is 9.56. The number of nitrogens with zero attached hydrogens (tertiary/aromatic N) is 1. The quantitative estimate of drug-likeness (QED) is 0.558. The molecule has 0 fully saturated rings. The van der Waals surface area contributed by atoms with Crippen molar-refractivity contribution in [3.8, 4) is 0 Å². The molecule has 0 aromatic heterocycles. The van der Waals surface area contributed by atoms with Gasteiger partial charge in [-0.3, -0.25) is 10.1 Å². The largest absolute Gasteiger partial charge is 0.380 e. The van der Waals surface area contributed by atoms with Crippen LogP contribution in [-0.2, 0) is 11.2 Å². The third-order valence-electron chi connectivity index (χ3n) is 3.30. The van der Waals surface area contributed by atoms with Crippen LogP contribution in [0, 0.1) is 16.0 Å². The highest BCUT2D eigenvalue weighted by molar-refractivity contribution is 5.39. The lowest BCUT2D eigenvalue weighted by atomic mass is 10.0. The van der Waals surface area contributed by atoms with E-state index in [0.717, 1.165) is 5.56 Å². The Hall–Kier alpha value is -1.46. The fourth-order valence-electron chi connectivity index (χ4n) is 2.02. The third-order valence-corrected chi connectivity index (χ3v) is 3.30. The molecule has 0 amide bonds. The molecule has 112 valence electrons. The van der Waals surface area contributed by atoms with E-state index in [-0.39, 0.29) is 16.7 Å². The number of nitro groups is 1. The zero-order valence-electron chi connectivity index (χ0n) is 12.5. The summed E-state index contributed by atoms with van der Waals surface area (Å²) in [5, 5.41) is 14.4. The van der Waals surface area contributed by atoms with Gasteiger partial charge in [-0.25, -0.2) is 0 Å². The summed E-state index contributed by atoms with van der Waals surface area (Å²) in [6.07, 6.45) is 0.645. The van der Waals surface area contributed by atoms with E-state index in [9.17, 15) is 10.1 Å². The zero-order valence-corrected chi connectivity index (χ0v) is 12.5. The summed E-state index contributed by atoms with van der Waals surface area (Å²) in [6.45, 7) is 8.34. The Kier molecular flexibility index (Phi) is 7.18. The fourth-order valence-corrected chi connectivity index (χ4v) is 2.02. The van der Waals surface area contributed by atoms with Crippen molar-refractivity contribution in [3.63, 3.8) is 0 Å². The van der Waals surface area contributed by atoms with Crippen LogP contribution in [0.15, 0.2) is 24.3 Å². The van der Waals surface area contributed by atoms with Crippen LogP contribution in [-0.4, -0.2) is 30.7 Å². The van der Waals surface area contributed by atoms with Gasteiger partial charge in [0.05, 0.1) is 11.5 Å². The molecule has 20 heavy (non-hydrogen) atoms. The minimum Gasteiger partial charge on any atom is -0.380 e. The van der Waals surface area contributed by atoms with Gasteiger partial charge in [0, 0.05) is 24.3 Å². The number of nitrogens with one attached hydrogen (secondary N) is 1. The molecule has 0 aliphatic heterocycles. The number of rotatable bonds is 9. The number of benzene rings is 1. The maximum Gasteiger partial charge on any atom is 0.272 e. The van der Waals surface area contributed by atoms with E-state index < -0.39 is 0 Å². The van der Waals surface area contributed by atoms with Crippen molar-refractivity contribution in [3.05, 3.63) is 39.9 Å². The van der Waals surface area contributed by atoms with E-state index in [0.29, 0.717) is 32.1 Å². The van der Waals surface area contributed by atoms with Gasteiger partial charge >= 0.3 is 0 Å². The highest BCUT2D eigenvalue weighted by atomic mass is 16.6. The fraction of sp³-hybridized carbons (Fsp3) is 0.600. The molecule has 1 atom stereocenters. The highest BCUT2D eigenvalue weighted by Crippen LogP contribution is 2.17.